The minimum absolute atomic E-state index is 0.174. The van der Waals surface area contributed by atoms with Crippen LogP contribution in [0.2, 0.25) is 0 Å². The molecular formula is C18H16BrFN2O. The Labute approximate surface area is 142 Å². The fourth-order valence-corrected chi connectivity index (χ4v) is 3.48. The van der Waals surface area contributed by atoms with Crippen LogP contribution >= 0.6 is 15.9 Å². The second-order valence-electron chi connectivity index (χ2n) is 5.34. The van der Waals surface area contributed by atoms with Crippen molar-refractivity contribution in [1.82, 2.24) is 9.88 Å². The van der Waals surface area contributed by atoms with Crippen LogP contribution in [0.25, 0.3) is 10.9 Å². The molecule has 0 saturated carbocycles. The lowest BCUT2D eigenvalue weighted by atomic mass is 10.1. The number of halogens is 2. The van der Waals surface area contributed by atoms with E-state index in [2.05, 4.69) is 21.2 Å². The Morgan fingerprint density at radius 2 is 1.87 bits per heavy atom. The number of rotatable bonds is 4. The van der Waals surface area contributed by atoms with Crippen molar-refractivity contribution in [2.75, 3.05) is 6.54 Å². The molecule has 0 fully saturated rings. The smallest absolute Gasteiger partial charge is 0.269 e. The van der Waals surface area contributed by atoms with Gasteiger partial charge in [0.2, 0.25) is 0 Å². The fraction of sp³-hybridized carbons (Fsp3) is 0.167. The van der Waals surface area contributed by atoms with Crippen LogP contribution in [0.1, 0.15) is 16.1 Å². The van der Waals surface area contributed by atoms with Crippen molar-refractivity contribution in [1.29, 1.82) is 0 Å². The number of aromatic nitrogens is 1. The predicted octanol–water partition coefficient (Wildman–Crippen LogP) is 4.05. The van der Waals surface area contributed by atoms with Gasteiger partial charge in [-0.15, -0.1) is 0 Å². The van der Waals surface area contributed by atoms with E-state index < -0.39 is 0 Å². The highest BCUT2D eigenvalue weighted by atomic mass is 79.9. The molecule has 3 aromatic rings. The maximum atomic E-state index is 13.6. The summed E-state index contributed by atoms with van der Waals surface area (Å²) >= 11 is 3.51. The summed E-state index contributed by atoms with van der Waals surface area (Å²) in [4.78, 5) is 12.5. The van der Waals surface area contributed by atoms with Gasteiger partial charge < -0.3 is 9.88 Å². The average molecular weight is 375 g/mol. The summed E-state index contributed by atoms with van der Waals surface area (Å²) in [6.07, 6.45) is 0.458. The molecule has 1 N–H and O–H groups in total. The first-order valence-electron chi connectivity index (χ1n) is 7.34. The molecule has 3 rings (SSSR count). The normalized spacial score (nSPS) is 10.9. The average Bonchev–Trinajstić information content (AvgIpc) is 2.81. The Balaban J connectivity index is 1.75. The molecule has 1 amide bonds. The van der Waals surface area contributed by atoms with E-state index >= 15 is 0 Å². The van der Waals surface area contributed by atoms with Gasteiger partial charge in [-0.3, -0.25) is 4.79 Å². The van der Waals surface area contributed by atoms with Crippen LogP contribution in [-0.4, -0.2) is 17.0 Å². The van der Waals surface area contributed by atoms with Gasteiger partial charge in [-0.05, 0) is 40.0 Å². The number of aryl methyl sites for hydroxylation is 1. The number of para-hydroxylation sites is 1. The van der Waals surface area contributed by atoms with Crippen LogP contribution in [0, 0.1) is 5.82 Å². The van der Waals surface area contributed by atoms with E-state index in [0.29, 0.717) is 24.2 Å². The maximum Gasteiger partial charge on any atom is 0.269 e. The summed E-state index contributed by atoms with van der Waals surface area (Å²) in [6.45, 7) is 0.383. The van der Waals surface area contributed by atoms with Crippen molar-refractivity contribution < 1.29 is 9.18 Å². The molecule has 1 heterocycles. The molecule has 0 radical (unpaired) electrons. The summed E-state index contributed by atoms with van der Waals surface area (Å²) in [5.41, 5.74) is 2.15. The van der Waals surface area contributed by atoms with Crippen molar-refractivity contribution in [2.24, 2.45) is 7.05 Å². The Kier molecular flexibility index (Phi) is 4.48. The van der Waals surface area contributed by atoms with Gasteiger partial charge in [-0.25, -0.2) is 4.39 Å². The number of nitrogens with one attached hydrogen (secondary N) is 1. The minimum Gasteiger partial charge on any atom is -0.350 e. The number of hydrogen-bond donors (Lipinski definition) is 1. The van der Waals surface area contributed by atoms with Gasteiger partial charge in [0.25, 0.3) is 5.91 Å². The molecule has 0 bridgehead atoms. The molecule has 5 heteroatoms. The molecule has 0 aliphatic carbocycles. The second kappa shape index (κ2) is 6.54. The van der Waals surface area contributed by atoms with E-state index in [9.17, 15) is 9.18 Å². The lowest BCUT2D eigenvalue weighted by molar-refractivity contribution is 0.0945. The first-order valence-corrected chi connectivity index (χ1v) is 8.13. The van der Waals surface area contributed by atoms with Crippen molar-refractivity contribution in [3.8, 4) is 0 Å². The van der Waals surface area contributed by atoms with Crippen LogP contribution in [0.3, 0.4) is 0 Å². The zero-order valence-electron chi connectivity index (χ0n) is 12.6. The van der Waals surface area contributed by atoms with Crippen LogP contribution in [0.5, 0.6) is 0 Å². The first kappa shape index (κ1) is 15.7. The van der Waals surface area contributed by atoms with Gasteiger partial charge in [0.05, 0.1) is 4.47 Å². The third-order valence-electron chi connectivity index (χ3n) is 3.90. The van der Waals surface area contributed by atoms with Gasteiger partial charge in [-0.2, -0.15) is 0 Å². The molecule has 118 valence electrons. The highest BCUT2D eigenvalue weighted by Gasteiger charge is 2.18. The lowest BCUT2D eigenvalue weighted by Gasteiger charge is -2.08. The van der Waals surface area contributed by atoms with Crippen molar-refractivity contribution >= 4 is 32.7 Å². The molecule has 2 aromatic carbocycles. The van der Waals surface area contributed by atoms with Crippen molar-refractivity contribution in [2.45, 2.75) is 6.42 Å². The molecule has 0 saturated heterocycles. The summed E-state index contributed by atoms with van der Waals surface area (Å²) in [5, 5.41) is 3.86. The van der Waals surface area contributed by atoms with Gasteiger partial charge in [-0.1, -0.05) is 36.4 Å². The minimum atomic E-state index is -0.243. The number of carbonyl (C=O) groups excluding carboxylic acids is 1. The third-order valence-corrected chi connectivity index (χ3v) is 4.70. The summed E-state index contributed by atoms with van der Waals surface area (Å²) in [7, 11) is 1.86. The lowest BCUT2D eigenvalue weighted by Crippen LogP contribution is -2.27. The molecule has 0 atom stereocenters. The topological polar surface area (TPSA) is 34.0 Å². The second-order valence-corrected chi connectivity index (χ2v) is 6.13. The SMILES string of the molecule is Cn1c(C(=O)NCCc2ccccc2F)c(Br)c2ccccc21. The van der Waals surface area contributed by atoms with Gasteiger partial charge >= 0.3 is 0 Å². The summed E-state index contributed by atoms with van der Waals surface area (Å²) < 4.78 is 16.2. The number of amides is 1. The zero-order valence-corrected chi connectivity index (χ0v) is 14.2. The number of benzene rings is 2. The molecular weight excluding hydrogens is 359 g/mol. The molecule has 0 aliphatic heterocycles. The van der Waals surface area contributed by atoms with E-state index in [4.69, 9.17) is 0 Å². The number of hydrogen-bond acceptors (Lipinski definition) is 1. The van der Waals surface area contributed by atoms with Crippen molar-refractivity contribution in [3.63, 3.8) is 0 Å². The monoisotopic (exact) mass is 374 g/mol. The Bertz CT molecular complexity index is 834. The van der Waals surface area contributed by atoms with Gasteiger partial charge in [0, 0.05) is 24.5 Å². The molecule has 0 spiro atoms. The Morgan fingerprint density at radius 1 is 1.17 bits per heavy atom. The van der Waals surface area contributed by atoms with E-state index in [-0.39, 0.29) is 11.7 Å². The predicted molar refractivity (Wildman–Crippen MR) is 93.1 cm³/mol. The number of carbonyl (C=O) groups is 1. The van der Waals surface area contributed by atoms with Crippen LogP contribution in [-0.2, 0) is 13.5 Å². The number of fused-ring (bicyclic) bond motifs is 1. The van der Waals surface area contributed by atoms with E-state index in [1.165, 1.54) is 6.07 Å². The fourth-order valence-electron chi connectivity index (χ4n) is 2.69. The van der Waals surface area contributed by atoms with E-state index in [1.807, 2.05) is 35.9 Å². The Morgan fingerprint density at radius 3 is 2.61 bits per heavy atom. The van der Waals surface area contributed by atoms with E-state index in [0.717, 1.165) is 15.4 Å². The first-order chi connectivity index (χ1) is 11.1. The molecule has 0 aliphatic rings. The van der Waals surface area contributed by atoms with Gasteiger partial charge in [0.15, 0.2) is 0 Å². The summed E-state index contributed by atoms with van der Waals surface area (Å²) in [6, 6.07) is 14.4. The van der Waals surface area contributed by atoms with Crippen LogP contribution in [0.15, 0.2) is 53.0 Å². The summed E-state index contributed by atoms with van der Waals surface area (Å²) in [5.74, 6) is -0.417. The maximum absolute atomic E-state index is 13.6. The van der Waals surface area contributed by atoms with Crippen molar-refractivity contribution in [3.05, 3.63) is 70.1 Å². The van der Waals surface area contributed by atoms with Crippen LogP contribution < -0.4 is 5.32 Å². The Hall–Kier alpha value is -2.14. The molecule has 3 nitrogen and oxygen atoms in total. The van der Waals surface area contributed by atoms with Gasteiger partial charge in [0.1, 0.15) is 11.5 Å². The van der Waals surface area contributed by atoms with E-state index in [1.54, 1.807) is 18.2 Å². The molecule has 1 aromatic heterocycles. The molecule has 23 heavy (non-hydrogen) atoms. The number of nitrogens with zero attached hydrogens (tertiary/aromatic N) is 1. The van der Waals surface area contributed by atoms with Crippen LogP contribution in [0.4, 0.5) is 4.39 Å². The highest BCUT2D eigenvalue weighted by molar-refractivity contribution is 9.10. The third kappa shape index (κ3) is 3.01. The molecule has 0 unspecified atom stereocenters. The standard InChI is InChI=1S/C18H16BrFN2O/c1-22-15-9-5-3-7-13(15)16(19)17(22)18(23)21-11-10-12-6-2-4-8-14(12)20/h2-9H,10-11H2,1H3,(H,21,23). The largest absolute Gasteiger partial charge is 0.350 e. The highest BCUT2D eigenvalue weighted by Crippen LogP contribution is 2.30. The quantitative estimate of drug-likeness (QED) is 0.734. The zero-order chi connectivity index (χ0) is 16.4.